The van der Waals surface area contributed by atoms with Crippen molar-refractivity contribution in [3.63, 3.8) is 0 Å². The molecule has 2 aliphatic heterocycles. The highest BCUT2D eigenvalue weighted by molar-refractivity contribution is 6.31. The second-order valence-electron chi connectivity index (χ2n) is 8.26. The lowest BCUT2D eigenvalue weighted by Crippen LogP contribution is -2.52. The van der Waals surface area contributed by atoms with Gasteiger partial charge in [0.15, 0.2) is 0 Å². The van der Waals surface area contributed by atoms with Gasteiger partial charge in [-0.15, -0.1) is 0 Å². The fourth-order valence-electron chi connectivity index (χ4n) is 4.80. The van der Waals surface area contributed by atoms with Crippen molar-refractivity contribution in [2.24, 2.45) is 11.7 Å². The molecule has 10 heteroatoms. The Kier molecular flexibility index (Phi) is 5.94. The summed E-state index contributed by atoms with van der Waals surface area (Å²) in [7, 11) is 3.01. The minimum absolute atomic E-state index is 0.0177. The fourth-order valence-corrected chi connectivity index (χ4v) is 5.07. The van der Waals surface area contributed by atoms with Crippen molar-refractivity contribution >= 4 is 40.7 Å². The third kappa shape index (κ3) is 3.87. The van der Waals surface area contributed by atoms with Gasteiger partial charge < -0.3 is 25.8 Å². The monoisotopic (exact) mass is 472 g/mol. The first-order chi connectivity index (χ1) is 15.7. The Labute approximate surface area is 195 Å². The van der Waals surface area contributed by atoms with Gasteiger partial charge in [0.1, 0.15) is 17.0 Å². The van der Waals surface area contributed by atoms with E-state index in [9.17, 15) is 14.4 Å². The van der Waals surface area contributed by atoms with Gasteiger partial charge in [-0.3, -0.25) is 19.7 Å². The molecule has 0 aliphatic carbocycles. The summed E-state index contributed by atoms with van der Waals surface area (Å²) in [5, 5.41) is 9.44. The molecule has 3 atom stereocenters. The van der Waals surface area contributed by atoms with Gasteiger partial charge >= 0.3 is 0 Å². The predicted octanol–water partition coefficient (Wildman–Crippen LogP) is 2.31. The van der Waals surface area contributed by atoms with Gasteiger partial charge in [-0.25, -0.2) is 0 Å². The number of carbonyl (C=O) groups excluding carboxylic acids is 3. The van der Waals surface area contributed by atoms with E-state index in [0.29, 0.717) is 33.5 Å². The summed E-state index contributed by atoms with van der Waals surface area (Å²) in [6, 6.07) is 7.96. The molecule has 33 heavy (non-hydrogen) atoms. The average molecular weight is 473 g/mol. The molecule has 2 heterocycles. The smallest absolute Gasteiger partial charge is 0.250 e. The van der Waals surface area contributed by atoms with Gasteiger partial charge in [-0.05, 0) is 43.2 Å². The molecule has 1 fully saturated rings. The van der Waals surface area contributed by atoms with Gasteiger partial charge in [0, 0.05) is 34.8 Å². The Morgan fingerprint density at radius 1 is 1.24 bits per heavy atom. The minimum atomic E-state index is -1.40. The zero-order chi connectivity index (χ0) is 23.9. The summed E-state index contributed by atoms with van der Waals surface area (Å²) in [6.07, 6.45) is 0.204. The van der Waals surface area contributed by atoms with E-state index < -0.39 is 29.3 Å². The number of nitrogens with two attached hydrogens (primary N) is 1. The fraction of sp³-hybridized carbons (Fsp3) is 0.348. The number of carbonyl (C=O) groups is 3. The Bertz CT molecular complexity index is 1150. The molecular formula is C23H25ClN4O5. The number of primary amides is 1. The number of hydrogen-bond donors (Lipinski definition) is 4. The number of rotatable bonds is 6. The number of fused-ring (bicyclic) bond motifs is 2. The molecule has 9 nitrogen and oxygen atoms in total. The molecular weight excluding hydrogens is 448 g/mol. The van der Waals surface area contributed by atoms with E-state index in [1.165, 1.54) is 14.2 Å². The molecule has 1 spiro atoms. The van der Waals surface area contributed by atoms with E-state index in [2.05, 4.69) is 16.0 Å². The molecule has 174 valence electrons. The number of benzene rings is 2. The van der Waals surface area contributed by atoms with Crippen LogP contribution in [0.5, 0.6) is 11.5 Å². The van der Waals surface area contributed by atoms with Crippen LogP contribution in [0.1, 0.15) is 24.0 Å². The number of ether oxygens (including phenoxy) is 2. The first-order valence-corrected chi connectivity index (χ1v) is 10.8. The number of methoxy groups -OCH3 is 2. The van der Waals surface area contributed by atoms with Crippen molar-refractivity contribution < 1.29 is 23.9 Å². The lowest BCUT2D eigenvalue weighted by molar-refractivity contribution is -0.130. The lowest BCUT2D eigenvalue weighted by Gasteiger charge is -2.29. The van der Waals surface area contributed by atoms with E-state index in [1.54, 1.807) is 30.3 Å². The van der Waals surface area contributed by atoms with Crippen molar-refractivity contribution in [3.05, 3.63) is 46.5 Å². The topological polar surface area (TPSA) is 132 Å². The number of anilines is 2. The molecule has 2 aromatic rings. The Morgan fingerprint density at radius 2 is 2.00 bits per heavy atom. The van der Waals surface area contributed by atoms with Crippen LogP contribution in [-0.2, 0) is 19.9 Å². The van der Waals surface area contributed by atoms with Crippen LogP contribution < -0.4 is 31.2 Å². The molecule has 2 aromatic carbocycles. The van der Waals surface area contributed by atoms with Crippen molar-refractivity contribution in [1.82, 2.24) is 5.32 Å². The quantitative estimate of drug-likeness (QED) is 0.510. The second kappa shape index (κ2) is 8.57. The molecule has 3 amide bonds. The number of aryl methyl sites for hydroxylation is 1. The minimum Gasteiger partial charge on any atom is -0.497 e. The van der Waals surface area contributed by atoms with Crippen LogP contribution in [0.25, 0.3) is 0 Å². The highest BCUT2D eigenvalue weighted by atomic mass is 35.5. The van der Waals surface area contributed by atoms with Crippen LogP contribution in [0.15, 0.2) is 30.3 Å². The first kappa shape index (κ1) is 22.9. The summed E-state index contributed by atoms with van der Waals surface area (Å²) >= 11 is 6.32. The maximum Gasteiger partial charge on any atom is 0.250 e. The van der Waals surface area contributed by atoms with Crippen molar-refractivity contribution in [2.75, 3.05) is 24.9 Å². The number of halogens is 1. The van der Waals surface area contributed by atoms with Gasteiger partial charge in [0.05, 0.1) is 25.8 Å². The zero-order valence-corrected chi connectivity index (χ0v) is 19.2. The number of amides is 3. The summed E-state index contributed by atoms with van der Waals surface area (Å²) < 4.78 is 10.6. The predicted molar refractivity (Wildman–Crippen MR) is 124 cm³/mol. The van der Waals surface area contributed by atoms with Crippen LogP contribution in [0.2, 0.25) is 5.02 Å². The standard InChI is InChI=1S/C23H25ClN4O5/c1-11-6-12(24)7-15-20(11)27-22(31)23(15)16(8-13(28-23)9-19(25)29)21(30)26-17-10-14(32-2)4-5-18(17)33-3/h4-7,10,13,16,28H,8-9H2,1-3H3,(H2,25,29)(H,26,30)(H,27,31). The Balaban J connectivity index is 1.77. The van der Waals surface area contributed by atoms with Crippen LogP contribution in [0.3, 0.4) is 0 Å². The van der Waals surface area contributed by atoms with Crippen LogP contribution >= 0.6 is 11.6 Å². The zero-order valence-electron chi connectivity index (χ0n) is 18.5. The normalized spacial score (nSPS) is 23.2. The maximum atomic E-state index is 13.6. The SMILES string of the molecule is COc1ccc(OC)c(NC(=O)C2CC(CC(N)=O)NC23C(=O)Nc2c(C)cc(Cl)cc23)c1. The number of nitrogens with one attached hydrogen (secondary N) is 3. The third-order valence-electron chi connectivity index (χ3n) is 6.23. The van der Waals surface area contributed by atoms with Crippen LogP contribution in [0, 0.1) is 12.8 Å². The summed E-state index contributed by atoms with van der Waals surface area (Å²) in [5.41, 5.74) is 6.37. The Morgan fingerprint density at radius 3 is 2.67 bits per heavy atom. The lowest BCUT2D eigenvalue weighted by atomic mass is 9.79. The van der Waals surface area contributed by atoms with E-state index in [1.807, 2.05) is 6.92 Å². The first-order valence-electron chi connectivity index (χ1n) is 10.4. The molecule has 5 N–H and O–H groups in total. The number of hydrogen-bond acceptors (Lipinski definition) is 6. The van der Waals surface area contributed by atoms with Crippen molar-refractivity contribution in [2.45, 2.75) is 31.3 Å². The highest BCUT2D eigenvalue weighted by Gasteiger charge is 2.60. The molecule has 4 rings (SSSR count). The van der Waals surface area contributed by atoms with E-state index in [-0.39, 0.29) is 18.7 Å². The average Bonchev–Trinajstić information content (AvgIpc) is 3.27. The molecule has 0 saturated carbocycles. The summed E-state index contributed by atoms with van der Waals surface area (Å²) in [5.74, 6) is -1.21. The summed E-state index contributed by atoms with van der Waals surface area (Å²) in [4.78, 5) is 38.7. The van der Waals surface area contributed by atoms with E-state index in [0.717, 1.165) is 5.56 Å². The summed E-state index contributed by atoms with van der Waals surface area (Å²) in [6.45, 7) is 1.83. The van der Waals surface area contributed by atoms with Crippen molar-refractivity contribution in [3.8, 4) is 11.5 Å². The third-order valence-corrected chi connectivity index (χ3v) is 6.44. The van der Waals surface area contributed by atoms with Gasteiger partial charge in [0.2, 0.25) is 17.7 Å². The van der Waals surface area contributed by atoms with Crippen LogP contribution in [0.4, 0.5) is 11.4 Å². The molecule has 0 radical (unpaired) electrons. The second-order valence-corrected chi connectivity index (χ2v) is 8.70. The highest BCUT2D eigenvalue weighted by Crippen LogP contribution is 2.49. The van der Waals surface area contributed by atoms with Crippen LogP contribution in [-0.4, -0.2) is 38.0 Å². The molecule has 3 unspecified atom stereocenters. The van der Waals surface area contributed by atoms with Gasteiger partial charge in [-0.1, -0.05) is 11.6 Å². The molecule has 0 aromatic heterocycles. The largest absolute Gasteiger partial charge is 0.497 e. The van der Waals surface area contributed by atoms with Gasteiger partial charge in [0.25, 0.3) is 0 Å². The van der Waals surface area contributed by atoms with Gasteiger partial charge in [-0.2, -0.15) is 0 Å². The van der Waals surface area contributed by atoms with E-state index >= 15 is 0 Å². The molecule has 1 saturated heterocycles. The molecule has 2 aliphatic rings. The Hall–Kier alpha value is -3.30. The van der Waals surface area contributed by atoms with Crippen molar-refractivity contribution in [1.29, 1.82) is 0 Å². The van der Waals surface area contributed by atoms with E-state index in [4.69, 9.17) is 26.8 Å². The maximum absolute atomic E-state index is 13.6. The molecule has 0 bridgehead atoms.